The van der Waals surface area contributed by atoms with Gasteiger partial charge in [0.2, 0.25) is 0 Å². The molecule has 0 fully saturated rings. The van der Waals surface area contributed by atoms with Crippen LogP contribution in [0.1, 0.15) is 19.4 Å². The Morgan fingerprint density at radius 3 is 2.96 bits per heavy atom. The molecule has 2 rings (SSSR count). The Morgan fingerprint density at radius 2 is 2.36 bits per heavy atom. The van der Waals surface area contributed by atoms with Gasteiger partial charge in [0.05, 0.1) is 17.1 Å². The number of thioether (sulfide) groups is 1. The van der Waals surface area contributed by atoms with Crippen LogP contribution >= 0.6 is 24.4 Å². The second kappa shape index (κ2) is 8.42. The molecule has 0 bridgehead atoms. The van der Waals surface area contributed by atoms with E-state index in [4.69, 9.17) is 4.74 Å². The molecule has 0 radical (unpaired) electrons. The molecular weight excluding hydrogens is 363 g/mol. The van der Waals surface area contributed by atoms with E-state index < -0.39 is 11.4 Å². The second-order valence-corrected chi connectivity index (χ2v) is 7.63. The SMILES string of the molecule is C[C@@H](OC=O)[C@@](C)(CS)N(C)C[C@@H]1CSC(c2c(O)cccc2F)=N1. The number of thiol groups is 1. The Bertz CT molecular complexity index is 639. The molecule has 25 heavy (non-hydrogen) atoms. The molecule has 1 aromatic carbocycles. The van der Waals surface area contributed by atoms with Crippen LogP contribution in [-0.4, -0.2) is 64.3 Å². The summed E-state index contributed by atoms with van der Waals surface area (Å²) in [4.78, 5) is 17.3. The number of aromatic hydroxyl groups is 1. The van der Waals surface area contributed by atoms with Gasteiger partial charge in [-0.15, -0.1) is 11.8 Å². The van der Waals surface area contributed by atoms with Crippen molar-refractivity contribution in [2.24, 2.45) is 4.99 Å². The number of hydrogen-bond donors (Lipinski definition) is 2. The van der Waals surface area contributed by atoms with Crippen LogP contribution in [0.2, 0.25) is 0 Å². The van der Waals surface area contributed by atoms with Crippen LogP contribution in [0.5, 0.6) is 5.75 Å². The lowest BCUT2D eigenvalue weighted by molar-refractivity contribution is -0.139. The van der Waals surface area contributed by atoms with E-state index in [0.717, 1.165) is 0 Å². The third kappa shape index (κ3) is 4.30. The minimum Gasteiger partial charge on any atom is -0.507 e. The van der Waals surface area contributed by atoms with Gasteiger partial charge in [0, 0.05) is 18.1 Å². The number of halogens is 1. The van der Waals surface area contributed by atoms with E-state index in [1.807, 2.05) is 20.9 Å². The number of phenolic OH excluding ortho intramolecular Hbond substituents is 1. The maximum Gasteiger partial charge on any atom is 0.293 e. The summed E-state index contributed by atoms with van der Waals surface area (Å²) in [6.07, 6.45) is -0.333. The Kier molecular flexibility index (Phi) is 6.76. The number of ether oxygens (including phenoxy) is 1. The Hall–Kier alpha value is -1.25. The van der Waals surface area contributed by atoms with Gasteiger partial charge in [-0.3, -0.25) is 14.7 Å². The minimum atomic E-state index is -0.478. The van der Waals surface area contributed by atoms with E-state index in [2.05, 4.69) is 22.5 Å². The van der Waals surface area contributed by atoms with Crippen LogP contribution in [0.3, 0.4) is 0 Å². The third-order valence-corrected chi connectivity index (χ3v) is 6.50. The lowest BCUT2D eigenvalue weighted by Gasteiger charge is -2.42. The van der Waals surface area contributed by atoms with Crippen LogP contribution in [0.4, 0.5) is 4.39 Å². The lowest BCUT2D eigenvalue weighted by atomic mass is 9.95. The maximum absolute atomic E-state index is 14.0. The first-order valence-corrected chi connectivity index (χ1v) is 9.55. The first kappa shape index (κ1) is 20.1. The van der Waals surface area contributed by atoms with Crippen molar-refractivity contribution in [2.75, 3.05) is 25.1 Å². The second-order valence-electron chi connectivity index (χ2n) is 6.30. The van der Waals surface area contributed by atoms with Crippen molar-refractivity contribution in [3.8, 4) is 5.75 Å². The molecule has 1 aliphatic heterocycles. The highest BCUT2D eigenvalue weighted by Gasteiger charge is 2.37. The van der Waals surface area contributed by atoms with E-state index in [1.165, 1.54) is 30.0 Å². The molecule has 0 amide bonds. The molecule has 0 aliphatic carbocycles. The minimum absolute atomic E-state index is 0.0494. The first-order chi connectivity index (χ1) is 11.8. The Labute approximate surface area is 157 Å². The number of benzene rings is 1. The number of rotatable bonds is 8. The molecule has 1 aliphatic rings. The zero-order valence-corrected chi connectivity index (χ0v) is 16.2. The molecule has 0 saturated carbocycles. The fourth-order valence-corrected chi connectivity index (χ4v) is 4.28. The monoisotopic (exact) mass is 386 g/mol. The van der Waals surface area contributed by atoms with Crippen LogP contribution in [0.25, 0.3) is 0 Å². The molecule has 138 valence electrons. The molecule has 0 saturated heterocycles. The highest BCUT2D eigenvalue weighted by molar-refractivity contribution is 8.14. The Balaban J connectivity index is 2.13. The number of carbonyl (C=O) groups excluding carboxylic acids is 1. The van der Waals surface area contributed by atoms with Gasteiger partial charge in [-0.25, -0.2) is 4.39 Å². The number of hydrogen-bond acceptors (Lipinski definition) is 7. The summed E-state index contributed by atoms with van der Waals surface area (Å²) in [5, 5.41) is 10.4. The number of nitrogens with zero attached hydrogens (tertiary/aromatic N) is 2. The van der Waals surface area contributed by atoms with Crippen LogP contribution < -0.4 is 0 Å². The summed E-state index contributed by atoms with van der Waals surface area (Å²) in [6, 6.07) is 4.18. The predicted octanol–water partition coefficient (Wildman–Crippen LogP) is 2.58. The summed E-state index contributed by atoms with van der Waals surface area (Å²) in [6.45, 7) is 4.86. The normalized spacial score (nSPS) is 20.9. The summed E-state index contributed by atoms with van der Waals surface area (Å²) in [5.74, 6) is 0.615. The highest BCUT2D eigenvalue weighted by atomic mass is 32.2. The van der Waals surface area contributed by atoms with Crippen LogP contribution in [-0.2, 0) is 9.53 Å². The zero-order chi connectivity index (χ0) is 18.6. The summed E-state index contributed by atoms with van der Waals surface area (Å²) >= 11 is 5.84. The van der Waals surface area contributed by atoms with E-state index in [-0.39, 0.29) is 23.5 Å². The van der Waals surface area contributed by atoms with Gasteiger partial charge in [0.25, 0.3) is 6.47 Å². The van der Waals surface area contributed by atoms with Gasteiger partial charge >= 0.3 is 0 Å². The van der Waals surface area contributed by atoms with Crippen molar-refractivity contribution in [3.63, 3.8) is 0 Å². The summed E-state index contributed by atoms with van der Waals surface area (Å²) < 4.78 is 19.1. The number of aliphatic imine (C=N–C) groups is 1. The van der Waals surface area contributed by atoms with Gasteiger partial charge in [-0.2, -0.15) is 12.6 Å². The third-order valence-electron chi connectivity index (χ3n) is 4.73. The topological polar surface area (TPSA) is 62.1 Å². The molecule has 1 N–H and O–H groups in total. The fourth-order valence-electron chi connectivity index (χ4n) is 2.68. The maximum atomic E-state index is 14.0. The van der Waals surface area contributed by atoms with Crippen molar-refractivity contribution in [2.45, 2.75) is 31.5 Å². The van der Waals surface area contributed by atoms with Gasteiger partial charge in [0.1, 0.15) is 22.7 Å². The van der Waals surface area contributed by atoms with Crippen molar-refractivity contribution < 1.29 is 19.0 Å². The molecule has 8 heteroatoms. The molecule has 0 spiro atoms. The zero-order valence-electron chi connectivity index (χ0n) is 14.5. The van der Waals surface area contributed by atoms with Gasteiger partial charge in [-0.1, -0.05) is 6.07 Å². The molecule has 1 heterocycles. The van der Waals surface area contributed by atoms with Crippen molar-refractivity contribution in [1.82, 2.24) is 4.90 Å². The van der Waals surface area contributed by atoms with Crippen LogP contribution in [0, 0.1) is 5.82 Å². The highest BCUT2D eigenvalue weighted by Crippen LogP contribution is 2.32. The lowest BCUT2D eigenvalue weighted by Crippen LogP contribution is -2.56. The molecule has 0 unspecified atom stereocenters. The molecule has 3 atom stereocenters. The Morgan fingerprint density at radius 1 is 1.64 bits per heavy atom. The van der Waals surface area contributed by atoms with Gasteiger partial charge in [-0.05, 0) is 33.0 Å². The first-order valence-electron chi connectivity index (χ1n) is 7.93. The summed E-state index contributed by atoms with van der Waals surface area (Å²) in [5.41, 5.74) is -0.292. The van der Waals surface area contributed by atoms with Crippen molar-refractivity contribution in [3.05, 3.63) is 29.6 Å². The van der Waals surface area contributed by atoms with E-state index in [1.54, 1.807) is 0 Å². The largest absolute Gasteiger partial charge is 0.507 e. The fraction of sp³-hybridized carbons (Fsp3) is 0.529. The van der Waals surface area contributed by atoms with Crippen molar-refractivity contribution >= 4 is 35.9 Å². The van der Waals surface area contributed by atoms with E-state index in [0.29, 0.717) is 29.6 Å². The van der Waals surface area contributed by atoms with Crippen molar-refractivity contribution in [1.29, 1.82) is 0 Å². The average molecular weight is 387 g/mol. The molecule has 1 aromatic rings. The number of phenols is 1. The predicted molar refractivity (Wildman–Crippen MR) is 102 cm³/mol. The quantitative estimate of drug-likeness (QED) is 0.531. The van der Waals surface area contributed by atoms with Gasteiger partial charge < -0.3 is 9.84 Å². The van der Waals surface area contributed by atoms with E-state index >= 15 is 0 Å². The molecule has 5 nitrogen and oxygen atoms in total. The van der Waals surface area contributed by atoms with Gasteiger partial charge in [0.15, 0.2) is 0 Å². The number of carbonyl (C=O) groups is 1. The average Bonchev–Trinajstić information content (AvgIpc) is 3.02. The number of likely N-dealkylation sites (N-methyl/N-ethyl adjacent to an activating group) is 1. The standard InChI is InChI=1S/C17H23FN2O3S2/c1-11(23-10-21)17(2,9-24)20(3)7-12-8-25-16(19-12)15-13(18)5-4-6-14(15)22/h4-6,10-12,22,24H,7-9H2,1-3H3/t11-,12-,17-/m1/s1. The van der Waals surface area contributed by atoms with Crippen LogP contribution in [0.15, 0.2) is 23.2 Å². The van der Waals surface area contributed by atoms with E-state index in [9.17, 15) is 14.3 Å². The summed E-state index contributed by atoms with van der Waals surface area (Å²) in [7, 11) is 1.93. The smallest absolute Gasteiger partial charge is 0.293 e. The molecular formula is C17H23FN2O3S2. The molecule has 0 aromatic heterocycles.